The Balaban J connectivity index is 0.810. The third kappa shape index (κ3) is 6.80. The van der Waals surface area contributed by atoms with Crippen molar-refractivity contribution in [1.29, 1.82) is 0 Å². The lowest BCUT2D eigenvalue weighted by molar-refractivity contribution is 0.669. The highest BCUT2D eigenvalue weighted by Crippen LogP contribution is 2.44. The van der Waals surface area contributed by atoms with Crippen molar-refractivity contribution in [2.45, 2.75) is 0 Å². The fourth-order valence-corrected chi connectivity index (χ4v) is 13.1. The highest BCUT2D eigenvalue weighted by Gasteiger charge is 2.21. The maximum atomic E-state index is 6.35. The lowest BCUT2D eigenvalue weighted by Gasteiger charge is -2.15. The van der Waals surface area contributed by atoms with Crippen LogP contribution in [0.5, 0.6) is 0 Å². The second-order valence-corrected chi connectivity index (χ2v) is 21.2. The minimum atomic E-state index is 0.898. The quantitative estimate of drug-likeness (QED) is 0.163. The Hall–Kier alpha value is -10.5. The first-order valence-electron chi connectivity index (χ1n) is 27.2. The number of fused-ring (bicyclic) bond motifs is 16. The maximum Gasteiger partial charge on any atom is 0.136 e. The van der Waals surface area contributed by atoms with E-state index >= 15 is 0 Å². The van der Waals surface area contributed by atoms with Crippen molar-refractivity contribution in [3.63, 3.8) is 0 Å². The average molecular weight is 1000 g/mol. The summed E-state index contributed by atoms with van der Waals surface area (Å²) in [5.74, 6) is 0. The Morgan fingerprint density at radius 2 is 0.671 bits per heavy atom. The van der Waals surface area contributed by atoms with Gasteiger partial charge in [-0.3, -0.25) is 0 Å². The highest BCUT2D eigenvalue weighted by atomic mass is 16.3. The summed E-state index contributed by atoms with van der Waals surface area (Å²) in [5, 5.41) is 17.2. The molecule has 0 atom stereocenters. The van der Waals surface area contributed by atoms with Gasteiger partial charge in [-0.2, -0.15) is 0 Å². The maximum absolute atomic E-state index is 6.35. The fraction of sp³-hybridized carbons (Fsp3) is 0. The third-order valence-electron chi connectivity index (χ3n) is 16.8. The van der Waals surface area contributed by atoms with Gasteiger partial charge in [-0.25, -0.2) is 0 Å². The van der Waals surface area contributed by atoms with Crippen LogP contribution in [0.1, 0.15) is 0 Å². The minimum absolute atomic E-state index is 0.898. The Morgan fingerprint density at radius 1 is 0.203 bits per heavy atom. The highest BCUT2D eigenvalue weighted by molar-refractivity contribution is 6.29. The van der Waals surface area contributed by atoms with Crippen LogP contribution in [-0.4, -0.2) is 9.13 Å². The summed E-state index contributed by atoms with van der Waals surface area (Å²) in [6.45, 7) is 0. The predicted molar refractivity (Wildman–Crippen MR) is 334 cm³/mol. The first-order valence-corrected chi connectivity index (χ1v) is 27.2. The van der Waals surface area contributed by atoms with Gasteiger partial charge in [0.05, 0.1) is 22.1 Å². The second kappa shape index (κ2) is 17.0. The molecule has 366 valence electrons. The molecule has 0 aliphatic heterocycles. The van der Waals surface area contributed by atoms with Crippen LogP contribution in [0.25, 0.3) is 165 Å². The van der Waals surface area contributed by atoms with Crippen LogP contribution in [0.15, 0.2) is 283 Å². The predicted octanol–water partition coefficient (Wildman–Crippen LogP) is 21.1. The van der Waals surface area contributed by atoms with Crippen molar-refractivity contribution >= 4 is 109 Å². The number of benzene rings is 14. The summed E-state index contributed by atoms with van der Waals surface area (Å²) >= 11 is 0. The van der Waals surface area contributed by atoms with Gasteiger partial charge in [-0.15, -0.1) is 0 Å². The molecule has 0 unspecified atom stereocenters. The molecule has 0 aliphatic rings. The van der Waals surface area contributed by atoms with Crippen molar-refractivity contribution in [3.8, 4) is 55.9 Å². The average Bonchev–Trinajstić information content (AvgIpc) is 4.22. The first kappa shape index (κ1) is 43.7. The number of rotatable bonds is 6. The molecular formula is C76H46N2O. The van der Waals surface area contributed by atoms with Crippen molar-refractivity contribution in [1.82, 2.24) is 9.13 Å². The Kier molecular flexibility index (Phi) is 9.42. The molecule has 3 heteroatoms. The lowest BCUT2D eigenvalue weighted by Crippen LogP contribution is -1.96. The minimum Gasteiger partial charge on any atom is -0.456 e. The summed E-state index contributed by atoms with van der Waals surface area (Å²) in [6, 6.07) is 103. The normalized spacial score (nSPS) is 12.1. The number of hydrogen-bond donors (Lipinski definition) is 0. The topological polar surface area (TPSA) is 23.0 Å². The molecule has 0 amide bonds. The molecule has 0 radical (unpaired) electrons. The zero-order valence-electron chi connectivity index (χ0n) is 42.9. The Bertz CT molecular complexity index is 5290. The Labute approximate surface area is 454 Å². The van der Waals surface area contributed by atoms with E-state index in [1.54, 1.807) is 0 Å². The monoisotopic (exact) mass is 1000 g/mol. The molecule has 0 saturated heterocycles. The van der Waals surface area contributed by atoms with E-state index in [2.05, 4.69) is 276 Å². The Morgan fingerprint density at radius 3 is 1.41 bits per heavy atom. The molecule has 0 N–H and O–H groups in total. The van der Waals surface area contributed by atoms with Crippen LogP contribution in [0.2, 0.25) is 0 Å². The molecule has 0 saturated carbocycles. The lowest BCUT2D eigenvalue weighted by atomic mass is 9.94. The van der Waals surface area contributed by atoms with Gasteiger partial charge >= 0.3 is 0 Å². The molecule has 0 aliphatic carbocycles. The molecule has 79 heavy (non-hydrogen) atoms. The number of furan rings is 1. The molecule has 0 spiro atoms. The van der Waals surface area contributed by atoms with E-state index in [0.717, 1.165) is 50.0 Å². The number of aromatic nitrogens is 2. The fourth-order valence-electron chi connectivity index (χ4n) is 13.1. The number of para-hydroxylation sites is 1. The van der Waals surface area contributed by atoms with Crippen LogP contribution >= 0.6 is 0 Å². The van der Waals surface area contributed by atoms with Crippen molar-refractivity contribution in [3.05, 3.63) is 279 Å². The van der Waals surface area contributed by atoms with Crippen LogP contribution in [0.3, 0.4) is 0 Å². The molecule has 17 aromatic rings. The molecule has 3 aromatic heterocycles. The van der Waals surface area contributed by atoms with E-state index < -0.39 is 0 Å². The van der Waals surface area contributed by atoms with Gasteiger partial charge in [0.15, 0.2) is 0 Å². The van der Waals surface area contributed by atoms with Crippen LogP contribution in [-0.2, 0) is 0 Å². The van der Waals surface area contributed by atoms with Gasteiger partial charge in [-0.05, 0) is 179 Å². The zero-order chi connectivity index (χ0) is 51.7. The van der Waals surface area contributed by atoms with Gasteiger partial charge in [-0.1, -0.05) is 188 Å². The van der Waals surface area contributed by atoms with Gasteiger partial charge in [0, 0.05) is 43.7 Å². The van der Waals surface area contributed by atoms with Gasteiger partial charge < -0.3 is 13.6 Å². The first-order chi connectivity index (χ1) is 39.1. The second-order valence-electron chi connectivity index (χ2n) is 21.2. The zero-order valence-corrected chi connectivity index (χ0v) is 42.9. The number of nitrogens with zero attached hydrogens (tertiary/aromatic N) is 2. The number of hydrogen-bond acceptors (Lipinski definition) is 1. The summed E-state index contributed by atoms with van der Waals surface area (Å²) in [6.07, 6.45) is 0. The van der Waals surface area contributed by atoms with E-state index in [0.29, 0.717) is 0 Å². The van der Waals surface area contributed by atoms with Gasteiger partial charge in [0.25, 0.3) is 0 Å². The van der Waals surface area contributed by atoms with E-state index in [-0.39, 0.29) is 0 Å². The smallest absolute Gasteiger partial charge is 0.136 e. The molecular weight excluding hydrogens is 957 g/mol. The van der Waals surface area contributed by atoms with Crippen molar-refractivity contribution < 1.29 is 4.42 Å². The van der Waals surface area contributed by atoms with Crippen molar-refractivity contribution in [2.24, 2.45) is 0 Å². The third-order valence-corrected chi connectivity index (χ3v) is 16.8. The van der Waals surface area contributed by atoms with E-state index in [1.165, 1.54) is 115 Å². The molecule has 0 bridgehead atoms. The molecule has 3 heterocycles. The largest absolute Gasteiger partial charge is 0.456 e. The van der Waals surface area contributed by atoms with Crippen LogP contribution in [0, 0.1) is 0 Å². The molecule has 17 rings (SSSR count). The summed E-state index contributed by atoms with van der Waals surface area (Å²) < 4.78 is 11.3. The van der Waals surface area contributed by atoms with Crippen LogP contribution < -0.4 is 0 Å². The van der Waals surface area contributed by atoms with E-state index in [1.807, 2.05) is 12.1 Å². The standard InChI is InChI=1S/C76H46N2O/c1-2-14-47(15-3-1)58-40-59(43-61(42-58)78-69-35-30-48-16-6-8-24-62(48)75(69)76-63-25-9-7-17-49(63)31-36-70(76)78)51-21-12-20-50(38-51)55-28-33-64-57(39-55)32-37-68-74(64)67-44-53-18-4-5-19-54(53)45-71(67)77(68)60-23-13-22-52(41-60)56-29-34-66-65-26-10-11-27-72(65)79-73(66)46-56/h1-46H. The summed E-state index contributed by atoms with van der Waals surface area (Å²) in [4.78, 5) is 0. The van der Waals surface area contributed by atoms with Crippen LogP contribution in [0.4, 0.5) is 0 Å². The summed E-state index contributed by atoms with van der Waals surface area (Å²) in [5.41, 5.74) is 18.1. The van der Waals surface area contributed by atoms with E-state index in [9.17, 15) is 0 Å². The summed E-state index contributed by atoms with van der Waals surface area (Å²) in [7, 11) is 0. The molecule has 14 aromatic carbocycles. The SMILES string of the molecule is c1ccc(-c2cc(-c3cccc(-c4ccc5c(ccc6c5c5cc7ccccc7cc5n6-c5cccc(-c6ccc7c(c6)oc6ccccc67)c5)c4)c3)cc(-n3c4ccc5ccccc5c4c4c5ccccc5ccc43)c2)cc1. The van der Waals surface area contributed by atoms with Crippen molar-refractivity contribution in [2.75, 3.05) is 0 Å². The van der Waals surface area contributed by atoms with Gasteiger partial charge in [0.1, 0.15) is 11.2 Å². The van der Waals surface area contributed by atoms with Gasteiger partial charge in [0.2, 0.25) is 0 Å². The molecule has 3 nitrogen and oxygen atoms in total. The molecule has 0 fully saturated rings. The van der Waals surface area contributed by atoms with E-state index in [4.69, 9.17) is 4.42 Å².